The SMILES string of the molecule is Cc1cc(C(=O)NCc2ccc(OCc3ccccc3)cc2)c(N)nc1C. The topological polar surface area (TPSA) is 77.2 Å². The molecule has 27 heavy (non-hydrogen) atoms. The van der Waals surface area contributed by atoms with Gasteiger partial charge in [-0.25, -0.2) is 4.98 Å². The largest absolute Gasteiger partial charge is 0.489 e. The van der Waals surface area contributed by atoms with E-state index < -0.39 is 0 Å². The molecule has 3 rings (SSSR count). The number of nitrogens with one attached hydrogen (secondary N) is 1. The quantitative estimate of drug-likeness (QED) is 0.700. The van der Waals surface area contributed by atoms with Crippen LogP contribution >= 0.6 is 0 Å². The molecule has 3 aromatic rings. The lowest BCUT2D eigenvalue weighted by Crippen LogP contribution is -2.24. The summed E-state index contributed by atoms with van der Waals surface area (Å²) < 4.78 is 5.77. The molecule has 0 saturated heterocycles. The van der Waals surface area contributed by atoms with Gasteiger partial charge in [-0.2, -0.15) is 0 Å². The van der Waals surface area contributed by atoms with Crippen molar-refractivity contribution in [2.75, 3.05) is 5.73 Å². The van der Waals surface area contributed by atoms with Gasteiger partial charge in [-0.15, -0.1) is 0 Å². The Labute approximate surface area is 159 Å². The minimum absolute atomic E-state index is 0.229. The zero-order valence-electron chi connectivity index (χ0n) is 15.5. The Hall–Kier alpha value is -3.34. The molecular weight excluding hydrogens is 338 g/mol. The van der Waals surface area contributed by atoms with E-state index in [9.17, 15) is 4.79 Å². The van der Waals surface area contributed by atoms with Crippen molar-refractivity contribution in [3.05, 3.63) is 88.6 Å². The van der Waals surface area contributed by atoms with Crippen LogP contribution in [-0.4, -0.2) is 10.9 Å². The van der Waals surface area contributed by atoms with Crippen LogP contribution < -0.4 is 15.8 Å². The highest BCUT2D eigenvalue weighted by molar-refractivity contribution is 5.98. The third kappa shape index (κ3) is 4.85. The first-order valence-electron chi connectivity index (χ1n) is 8.80. The molecule has 0 unspecified atom stereocenters. The molecule has 1 amide bonds. The van der Waals surface area contributed by atoms with Gasteiger partial charge in [0.15, 0.2) is 0 Å². The third-order valence-electron chi connectivity index (χ3n) is 4.37. The van der Waals surface area contributed by atoms with Crippen molar-refractivity contribution in [3.63, 3.8) is 0 Å². The third-order valence-corrected chi connectivity index (χ3v) is 4.37. The highest BCUT2D eigenvalue weighted by Crippen LogP contribution is 2.16. The Morgan fingerprint density at radius 3 is 2.44 bits per heavy atom. The first-order valence-corrected chi connectivity index (χ1v) is 8.80. The van der Waals surface area contributed by atoms with Gasteiger partial charge in [-0.05, 0) is 48.7 Å². The van der Waals surface area contributed by atoms with Crippen LogP contribution in [0.5, 0.6) is 5.75 Å². The number of ether oxygens (including phenoxy) is 1. The second-order valence-electron chi connectivity index (χ2n) is 6.42. The molecule has 0 aliphatic carbocycles. The summed E-state index contributed by atoms with van der Waals surface area (Å²) in [6.45, 7) is 4.71. The van der Waals surface area contributed by atoms with Crippen LogP contribution in [-0.2, 0) is 13.2 Å². The van der Waals surface area contributed by atoms with Crippen LogP contribution in [0, 0.1) is 13.8 Å². The fourth-order valence-electron chi connectivity index (χ4n) is 2.63. The number of anilines is 1. The van der Waals surface area contributed by atoms with Crippen molar-refractivity contribution in [1.29, 1.82) is 0 Å². The first-order chi connectivity index (χ1) is 13.0. The number of hydrogen-bond acceptors (Lipinski definition) is 4. The molecule has 5 nitrogen and oxygen atoms in total. The molecule has 3 N–H and O–H groups in total. The number of nitrogen functional groups attached to an aromatic ring is 1. The van der Waals surface area contributed by atoms with Gasteiger partial charge in [0.05, 0.1) is 5.56 Å². The number of hydrogen-bond donors (Lipinski definition) is 2. The molecule has 0 radical (unpaired) electrons. The van der Waals surface area contributed by atoms with Gasteiger partial charge in [0.2, 0.25) is 0 Å². The Bertz CT molecular complexity index is 922. The molecule has 0 fully saturated rings. The number of benzene rings is 2. The predicted molar refractivity (Wildman–Crippen MR) is 107 cm³/mol. The second-order valence-corrected chi connectivity index (χ2v) is 6.42. The first kappa shape index (κ1) is 18.5. The summed E-state index contributed by atoms with van der Waals surface area (Å²) in [5.41, 5.74) is 10.1. The van der Waals surface area contributed by atoms with Gasteiger partial charge in [0.25, 0.3) is 5.91 Å². The highest BCUT2D eigenvalue weighted by Gasteiger charge is 2.12. The van der Waals surface area contributed by atoms with Crippen LogP contribution in [0.15, 0.2) is 60.7 Å². The summed E-state index contributed by atoms with van der Waals surface area (Å²) in [5.74, 6) is 0.810. The average Bonchev–Trinajstić information content (AvgIpc) is 2.69. The van der Waals surface area contributed by atoms with Gasteiger partial charge < -0.3 is 15.8 Å². The van der Waals surface area contributed by atoms with Gasteiger partial charge in [-0.1, -0.05) is 42.5 Å². The molecule has 1 heterocycles. The molecule has 0 spiro atoms. The number of aromatic nitrogens is 1. The van der Waals surface area contributed by atoms with Gasteiger partial charge in [-0.3, -0.25) is 4.79 Å². The zero-order chi connectivity index (χ0) is 19.2. The Kier molecular flexibility index (Phi) is 5.71. The van der Waals surface area contributed by atoms with E-state index in [4.69, 9.17) is 10.5 Å². The zero-order valence-corrected chi connectivity index (χ0v) is 15.5. The number of pyridine rings is 1. The molecule has 0 bridgehead atoms. The van der Waals surface area contributed by atoms with Crippen LogP contribution in [0.2, 0.25) is 0 Å². The van der Waals surface area contributed by atoms with Crippen LogP contribution in [0.4, 0.5) is 5.82 Å². The van der Waals surface area contributed by atoms with E-state index in [1.165, 1.54) is 0 Å². The monoisotopic (exact) mass is 361 g/mol. The summed E-state index contributed by atoms with van der Waals surface area (Å²) in [7, 11) is 0. The minimum atomic E-state index is -0.229. The highest BCUT2D eigenvalue weighted by atomic mass is 16.5. The summed E-state index contributed by atoms with van der Waals surface area (Å²) in [5, 5.41) is 2.88. The van der Waals surface area contributed by atoms with Crippen molar-refractivity contribution in [3.8, 4) is 5.75 Å². The van der Waals surface area contributed by atoms with E-state index in [1.54, 1.807) is 6.07 Å². The van der Waals surface area contributed by atoms with E-state index >= 15 is 0 Å². The maximum absolute atomic E-state index is 12.4. The minimum Gasteiger partial charge on any atom is -0.489 e. The number of carbonyl (C=O) groups is 1. The van der Waals surface area contributed by atoms with Crippen molar-refractivity contribution in [2.24, 2.45) is 0 Å². The Morgan fingerprint density at radius 2 is 1.74 bits per heavy atom. The second kappa shape index (κ2) is 8.36. The molecule has 138 valence electrons. The van der Waals surface area contributed by atoms with Crippen LogP contribution in [0.3, 0.4) is 0 Å². The summed E-state index contributed by atoms with van der Waals surface area (Å²) in [6, 6.07) is 19.4. The fourth-order valence-corrected chi connectivity index (χ4v) is 2.63. The van der Waals surface area contributed by atoms with Crippen molar-refractivity contribution in [2.45, 2.75) is 27.0 Å². The summed E-state index contributed by atoms with van der Waals surface area (Å²) in [6.07, 6.45) is 0. The Morgan fingerprint density at radius 1 is 1.04 bits per heavy atom. The van der Waals surface area contributed by atoms with E-state index in [1.807, 2.05) is 68.4 Å². The predicted octanol–water partition coefficient (Wildman–Crippen LogP) is 3.79. The van der Waals surface area contributed by atoms with Gasteiger partial charge in [0, 0.05) is 12.2 Å². The molecule has 0 aliphatic rings. The van der Waals surface area contributed by atoms with Crippen molar-refractivity contribution < 1.29 is 9.53 Å². The standard InChI is InChI=1S/C22H23N3O2/c1-15-12-20(21(23)25-16(15)2)22(26)24-13-17-8-10-19(11-9-17)27-14-18-6-4-3-5-7-18/h3-12H,13-14H2,1-2H3,(H2,23,25)(H,24,26). The van der Waals surface area contributed by atoms with Crippen LogP contribution in [0.25, 0.3) is 0 Å². The average molecular weight is 361 g/mol. The number of nitrogens with zero attached hydrogens (tertiary/aromatic N) is 1. The van der Waals surface area contributed by atoms with Gasteiger partial charge in [0.1, 0.15) is 18.2 Å². The van der Waals surface area contributed by atoms with E-state index in [0.717, 1.165) is 28.1 Å². The number of rotatable bonds is 6. The molecular formula is C22H23N3O2. The van der Waals surface area contributed by atoms with Gasteiger partial charge >= 0.3 is 0 Å². The maximum Gasteiger partial charge on any atom is 0.255 e. The summed E-state index contributed by atoms with van der Waals surface area (Å²) in [4.78, 5) is 16.6. The molecule has 0 saturated carbocycles. The molecule has 2 aromatic carbocycles. The number of nitrogens with two attached hydrogens (primary N) is 1. The number of carbonyl (C=O) groups excluding carboxylic acids is 1. The maximum atomic E-state index is 12.4. The fraction of sp³-hybridized carbons (Fsp3) is 0.182. The molecule has 0 aliphatic heterocycles. The molecule has 5 heteroatoms. The lowest BCUT2D eigenvalue weighted by atomic mass is 10.1. The summed E-state index contributed by atoms with van der Waals surface area (Å²) >= 11 is 0. The van der Waals surface area contributed by atoms with Crippen molar-refractivity contribution >= 4 is 11.7 Å². The molecule has 1 aromatic heterocycles. The number of amides is 1. The van der Waals surface area contributed by atoms with Crippen LogP contribution in [0.1, 0.15) is 32.7 Å². The number of aryl methyl sites for hydroxylation is 2. The van der Waals surface area contributed by atoms with E-state index in [-0.39, 0.29) is 11.7 Å². The molecule has 0 atom stereocenters. The normalized spacial score (nSPS) is 10.4. The Balaban J connectivity index is 1.55. The van der Waals surface area contributed by atoms with E-state index in [0.29, 0.717) is 18.7 Å². The lowest BCUT2D eigenvalue weighted by Gasteiger charge is -2.10. The van der Waals surface area contributed by atoms with E-state index in [2.05, 4.69) is 10.3 Å². The lowest BCUT2D eigenvalue weighted by molar-refractivity contribution is 0.0951. The smallest absolute Gasteiger partial charge is 0.255 e. The van der Waals surface area contributed by atoms with Crippen molar-refractivity contribution in [1.82, 2.24) is 10.3 Å².